The summed E-state index contributed by atoms with van der Waals surface area (Å²) < 4.78 is 2.01. The van der Waals surface area contributed by atoms with Crippen LogP contribution in [0.1, 0.15) is 69.0 Å². The molecule has 2 amide bonds. The number of aromatic nitrogens is 2. The van der Waals surface area contributed by atoms with Crippen LogP contribution in [-0.4, -0.2) is 73.8 Å². The molecule has 2 aromatic rings. The summed E-state index contributed by atoms with van der Waals surface area (Å²) in [5, 5.41) is 18.4. The number of carbonyl (C=O) groups is 2. The molecule has 2 N–H and O–H groups in total. The number of likely N-dealkylation sites (tertiary alicyclic amines) is 1. The van der Waals surface area contributed by atoms with Gasteiger partial charge in [0.1, 0.15) is 11.6 Å². The molecule has 0 unspecified atom stereocenters. The highest BCUT2D eigenvalue weighted by atomic mass is 35.5. The third-order valence-electron chi connectivity index (χ3n) is 8.30. The van der Waals surface area contributed by atoms with Gasteiger partial charge in [-0.3, -0.25) is 14.5 Å². The molecule has 0 bridgehead atoms. The molecule has 8 nitrogen and oxygen atoms in total. The van der Waals surface area contributed by atoms with E-state index in [2.05, 4.69) is 62.2 Å². The van der Waals surface area contributed by atoms with E-state index in [0.717, 1.165) is 49.6 Å². The summed E-state index contributed by atoms with van der Waals surface area (Å²) in [6.07, 6.45) is 2.06. The molecule has 218 valence electrons. The van der Waals surface area contributed by atoms with Crippen molar-refractivity contribution in [2.24, 2.45) is 5.92 Å². The van der Waals surface area contributed by atoms with Crippen molar-refractivity contribution in [2.45, 2.75) is 91.5 Å². The number of nitrogens with zero attached hydrogens (tertiary/aromatic N) is 4. The number of benzene rings is 1. The minimum Gasteiger partial charge on any atom is -0.390 e. The van der Waals surface area contributed by atoms with Crippen LogP contribution in [0.3, 0.4) is 0 Å². The van der Waals surface area contributed by atoms with Crippen molar-refractivity contribution in [3.8, 4) is 5.69 Å². The quantitative estimate of drug-likeness (QED) is 0.489. The first-order valence-electron chi connectivity index (χ1n) is 13.7. The predicted octanol–water partition coefficient (Wildman–Crippen LogP) is 4.12. The summed E-state index contributed by atoms with van der Waals surface area (Å²) in [4.78, 5) is 31.2. The highest BCUT2D eigenvalue weighted by Crippen LogP contribution is 2.35. The van der Waals surface area contributed by atoms with E-state index in [4.69, 9.17) is 5.10 Å². The van der Waals surface area contributed by atoms with Crippen LogP contribution in [0.4, 0.5) is 0 Å². The second-order valence-corrected chi connectivity index (χ2v) is 11.2. The normalized spacial score (nSPS) is 20.0. The second-order valence-electron chi connectivity index (χ2n) is 11.2. The second kappa shape index (κ2) is 13.5. The molecule has 2 aliphatic rings. The molecule has 2 saturated heterocycles. The van der Waals surface area contributed by atoms with Crippen LogP contribution < -0.4 is 5.32 Å². The predicted molar refractivity (Wildman–Crippen MR) is 159 cm³/mol. The zero-order chi connectivity index (χ0) is 26.9. The standard InChI is InChI=1S/C29H43N5O3.2ClH/c1-7-8-15-33-27(36)25(26(35)19(2)3)30-28(37)29(33)13-16-32(17-14-29)18-24-21(5)31-34(22(24)6)23-11-9-20(4)10-12-23;;/h9-12,19,25-26,35H,7-8,13-18H2,1-6H3,(H,30,37);2*1H/t25-,26-;;/m1../s1. The van der Waals surface area contributed by atoms with Gasteiger partial charge in [-0.25, -0.2) is 4.68 Å². The van der Waals surface area contributed by atoms with Crippen LogP contribution in [0.2, 0.25) is 0 Å². The van der Waals surface area contributed by atoms with Gasteiger partial charge in [0, 0.05) is 37.4 Å². The third kappa shape index (κ3) is 6.45. The van der Waals surface area contributed by atoms with Gasteiger partial charge in [-0.1, -0.05) is 44.9 Å². The maximum absolute atomic E-state index is 13.5. The van der Waals surface area contributed by atoms with Gasteiger partial charge in [-0.05, 0) is 58.1 Å². The Hall–Kier alpha value is -2.13. The van der Waals surface area contributed by atoms with Crippen molar-refractivity contribution >= 4 is 36.6 Å². The lowest BCUT2D eigenvalue weighted by Gasteiger charge is -2.52. The van der Waals surface area contributed by atoms with Crippen molar-refractivity contribution in [1.29, 1.82) is 0 Å². The third-order valence-corrected chi connectivity index (χ3v) is 8.30. The van der Waals surface area contributed by atoms with Gasteiger partial charge in [-0.2, -0.15) is 5.10 Å². The Bertz CT molecular complexity index is 1130. The average molecular weight is 583 g/mol. The Balaban J connectivity index is 0.00000267. The van der Waals surface area contributed by atoms with Crippen molar-refractivity contribution in [3.05, 3.63) is 46.8 Å². The highest BCUT2D eigenvalue weighted by molar-refractivity contribution is 6.00. The summed E-state index contributed by atoms with van der Waals surface area (Å²) in [6.45, 7) is 14.8. The minimum atomic E-state index is -0.894. The van der Waals surface area contributed by atoms with Crippen LogP contribution in [-0.2, 0) is 16.1 Å². The van der Waals surface area contributed by atoms with Crippen molar-refractivity contribution in [2.75, 3.05) is 19.6 Å². The van der Waals surface area contributed by atoms with Gasteiger partial charge >= 0.3 is 0 Å². The smallest absolute Gasteiger partial charge is 0.248 e. The molecule has 0 radical (unpaired) electrons. The van der Waals surface area contributed by atoms with E-state index in [1.165, 1.54) is 11.1 Å². The molecule has 1 spiro atoms. The first-order chi connectivity index (χ1) is 17.6. The van der Waals surface area contributed by atoms with E-state index in [0.29, 0.717) is 19.4 Å². The number of rotatable bonds is 8. The van der Waals surface area contributed by atoms with Crippen LogP contribution in [0, 0.1) is 26.7 Å². The first kappa shape index (κ1) is 33.1. The van der Waals surface area contributed by atoms with Gasteiger partial charge < -0.3 is 15.3 Å². The average Bonchev–Trinajstić information content (AvgIpc) is 3.15. The van der Waals surface area contributed by atoms with Crippen LogP contribution in [0.25, 0.3) is 5.69 Å². The fraction of sp³-hybridized carbons (Fsp3) is 0.621. The molecule has 2 atom stereocenters. The van der Waals surface area contributed by atoms with Gasteiger partial charge in [0.05, 0.1) is 17.5 Å². The molecule has 39 heavy (non-hydrogen) atoms. The number of aryl methyl sites for hydroxylation is 2. The maximum Gasteiger partial charge on any atom is 0.248 e. The van der Waals surface area contributed by atoms with Crippen LogP contribution >= 0.6 is 24.8 Å². The number of halogens is 2. The number of piperazine rings is 1. The molecule has 0 saturated carbocycles. The van der Waals surface area contributed by atoms with E-state index in [9.17, 15) is 14.7 Å². The number of nitrogens with one attached hydrogen (secondary N) is 1. The summed E-state index contributed by atoms with van der Waals surface area (Å²) >= 11 is 0. The van der Waals surface area contributed by atoms with Crippen molar-refractivity contribution in [1.82, 2.24) is 24.9 Å². The number of unbranched alkanes of at least 4 members (excludes halogenated alkanes) is 1. The number of amides is 2. The molecule has 3 heterocycles. The zero-order valence-electron chi connectivity index (χ0n) is 24.1. The largest absolute Gasteiger partial charge is 0.390 e. The monoisotopic (exact) mass is 581 g/mol. The number of aliphatic hydroxyl groups excluding tert-OH is 1. The van der Waals surface area contributed by atoms with Crippen molar-refractivity contribution in [3.63, 3.8) is 0 Å². The number of piperidine rings is 1. The minimum absolute atomic E-state index is 0. The lowest BCUT2D eigenvalue weighted by molar-refractivity contribution is -0.165. The van der Waals surface area contributed by atoms with Gasteiger partial charge in [0.15, 0.2) is 0 Å². The molecular formula is C29H45Cl2N5O3. The Morgan fingerprint density at radius 1 is 1.08 bits per heavy atom. The fourth-order valence-electron chi connectivity index (χ4n) is 5.74. The van der Waals surface area contributed by atoms with Gasteiger partial charge in [-0.15, -0.1) is 24.8 Å². The molecule has 10 heteroatoms. The highest BCUT2D eigenvalue weighted by Gasteiger charge is 2.54. The van der Waals surface area contributed by atoms with E-state index in [1.807, 2.05) is 18.5 Å². The molecular weight excluding hydrogens is 537 g/mol. The SMILES string of the molecule is CCCCN1C(=O)[C@@H]([C@H](O)C(C)C)NC(=O)C12CCN(Cc1c(C)nn(-c3ccc(C)cc3)c1C)CC2.Cl.Cl. The Kier molecular flexibility index (Phi) is 11.4. The first-order valence-corrected chi connectivity index (χ1v) is 13.7. The van der Waals surface area contributed by atoms with E-state index >= 15 is 0 Å². The summed E-state index contributed by atoms with van der Waals surface area (Å²) in [7, 11) is 0. The summed E-state index contributed by atoms with van der Waals surface area (Å²) in [5.74, 6) is -0.383. The Labute approximate surface area is 245 Å². The van der Waals surface area contributed by atoms with E-state index < -0.39 is 17.7 Å². The molecule has 1 aromatic carbocycles. The fourth-order valence-corrected chi connectivity index (χ4v) is 5.74. The lowest BCUT2D eigenvalue weighted by atomic mass is 9.80. The Morgan fingerprint density at radius 2 is 1.69 bits per heavy atom. The lowest BCUT2D eigenvalue weighted by Crippen LogP contribution is -2.74. The number of aliphatic hydroxyl groups is 1. The molecule has 2 aliphatic heterocycles. The van der Waals surface area contributed by atoms with Crippen LogP contribution in [0.5, 0.6) is 0 Å². The topological polar surface area (TPSA) is 90.7 Å². The molecule has 4 rings (SSSR count). The summed E-state index contributed by atoms with van der Waals surface area (Å²) in [5.41, 5.74) is 4.78. The number of hydrogen-bond donors (Lipinski definition) is 2. The molecule has 0 aliphatic carbocycles. The maximum atomic E-state index is 13.5. The number of hydrogen-bond acceptors (Lipinski definition) is 5. The molecule has 1 aromatic heterocycles. The Morgan fingerprint density at radius 3 is 2.26 bits per heavy atom. The zero-order valence-corrected chi connectivity index (χ0v) is 25.7. The number of carbonyl (C=O) groups excluding carboxylic acids is 2. The van der Waals surface area contributed by atoms with Gasteiger partial charge in [0.2, 0.25) is 11.8 Å². The molecule has 2 fully saturated rings. The van der Waals surface area contributed by atoms with E-state index in [1.54, 1.807) is 4.90 Å². The van der Waals surface area contributed by atoms with Crippen molar-refractivity contribution < 1.29 is 14.7 Å². The summed E-state index contributed by atoms with van der Waals surface area (Å²) in [6, 6.07) is 7.51. The van der Waals surface area contributed by atoms with Gasteiger partial charge in [0.25, 0.3) is 0 Å². The van der Waals surface area contributed by atoms with E-state index in [-0.39, 0.29) is 42.5 Å². The van der Waals surface area contributed by atoms with Crippen LogP contribution in [0.15, 0.2) is 24.3 Å².